The lowest BCUT2D eigenvalue weighted by Crippen LogP contribution is -2.49. The fourth-order valence-corrected chi connectivity index (χ4v) is 5.67. The third-order valence-electron chi connectivity index (χ3n) is 4.90. The summed E-state index contributed by atoms with van der Waals surface area (Å²) in [5, 5.41) is 2.97. The molecule has 9 nitrogen and oxygen atoms in total. The van der Waals surface area contributed by atoms with Crippen molar-refractivity contribution in [2.45, 2.75) is 4.90 Å². The highest BCUT2D eigenvalue weighted by atomic mass is 32.2. The van der Waals surface area contributed by atoms with Gasteiger partial charge in [-0.3, -0.25) is 0 Å². The topological polar surface area (TPSA) is 115 Å². The maximum absolute atomic E-state index is 13.0. The van der Waals surface area contributed by atoms with Gasteiger partial charge in [-0.05, 0) is 29.6 Å². The molecule has 11 heteroatoms. The number of hydrogen-bond donors (Lipinski definition) is 2. The summed E-state index contributed by atoms with van der Waals surface area (Å²) in [6, 6.07) is 6.61. The Kier molecular flexibility index (Phi) is 3.96. The van der Waals surface area contributed by atoms with E-state index in [1.165, 1.54) is 16.4 Å². The fraction of sp³-hybridized carbons (Fsp3) is 0.235. The van der Waals surface area contributed by atoms with Gasteiger partial charge in [0.25, 0.3) is 0 Å². The molecule has 144 valence electrons. The van der Waals surface area contributed by atoms with E-state index in [0.29, 0.717) is 37.2 Å². The minimum Gasteiger partial charge on any atom is -0.353 e. The van der Waals surface area contributed by atoms with E-state index in [2.05, 4.69) is 24.8 Å². The molecule has 4 heterocycles. The second-order valence-corrected chi connectivity index (χ2v) is 9.35. The van der Waals surface area contributed by atoms with Crippen molar-refractivity contribution in [3.63, 3.8) is 0 Å². The smallest absolute Gasteiger partial charge is 0.323 e. The molecule has 0 radical (unpaired) electrons. The van der Waals surface area contributed by atoms with Crippen molar-refractivity contribution >= 4 is 48.4 Å². The monoisotopic (exact) mass is 416 g/mol. The number of aromatic amines is 2. The van der Waals surface area contributed by atoms with Gasteiger partial charge in [0.15, 0.2) is 0 Å². The molecule has 5 rings (SSSR count). The van der Waals surface area contributed by atoms with Gasteiger partial charge < -0.3 is 14.9 Å². The molecule has 28 heavy (non-hydrogen) atoms. The van der Waals surface area contributed by atoms with Crippen molar-refractivity contribution < 1.29 is 8.42 Å². The molecule has 1 aromatic carbocycles. The summed E-state index contributed by atoms with van der Waals surface area (Å²) in [5.41, 5.74) is 0.700. The highest BCUT2D eigenvalue weighted by Gasteiger charge is 2.29. The number of piperazine rings is 1. The van der Waals surface area contributed by atoms with Crippen molar-refractivity contribution in [1.29, 1.82) is 0 Å². The standard InChI is InChI=1S/C17H16N6O3S2/c24-17-20-13-2-1-11(9-14(13)21-17)28(25,26)23-6-4-22(5-7-23)15-12-3-8-27-16(12)19-10-18-15/h1-3,8-10H,4-7H2,(H2,20,21,24). The van der Waals surface area contributed by atoms with E-state index >= 15 is 0 Å². The highest BCUT2D eigenvalue weighted by Crippen LogP contribution is 2.28. The lowest BCUT2D eigenvalue weighted by Gasteiger charge is -2.34. The van der Waals surface area contributed by atoms with Crippen LogP contribution in [-0.4, -0.2) is 58.8 Å². The van der Waals surface area contributed by atoms with Crippen molar-refractivity contribution in [3.05, 3.63) is 46.5 Å². The van der Waals surface area contributed by atoms with Crippen molar-refractivity contribution in [2.75, 3.05) is 31.1 Å². The Labute approximate surface area is 163 Å². The Morgan fingerprint density at radius 3 is 2.61 bits per heavy atom. The molecule has 0 spiro atoms. The maximum atomic E-state index is 13.0. The van der Waals surface area contributed by atoms with Gasteiger partial charge in [-0.15, -0.1) is 11.3 Å². The normalized spacial score (nSPS) is 16.2. The van der Waals surface area contributed by atoms with Gasteiger partial charge in [-0.2, -0.15) is 4.31 Å². The minimum absolute atomic E-state index is 0.172. The molecule has 0 aliphatic carbocycles. The predicted octanol–water partition coefficient (Wildman–Crippen LogP) is 1.37. The first-order chi connectivity index (χ1) is 13.5. The van der Waals surface area contributed by atoms with E-state index in [-0.39, 0.29) is 10.6 Å². The van der Waals surface area contributed by atoms with Crippen LogP contribution in [0, 0.1) is 0 Å². The predicted molar refractivity (Wildman–Crippen MR) is 107 cm³/mol. The zero-order chi connectivity index (χ0) is 19.3. The van der Waals surface area contributed by atoms with E-state index in [0.717, 1.165) is 16.0 Å². The second-order valence-electron chi connectivity index (χ2n) is 6.51. The third-order valence-corrected chi connectivity index (χ3v) is 7.62. The Bertz CT molecular complexity index is 1330. The molecule has 0 atom stereocenters. The van der Waals surface area contributed by atoms with E-state index in [1.54, 1.807) is 23.7 Å². The second kappa shape index (κ2) is 6.40. The molecule has 0 unspecified atom stereocenters. The number of nitrogens with zero attached hydrogens (tertiary/aromatic N) is 4. The van der Waals surface area contributed by atoms with Crippen LogP contribution in [-0.2, 0) is 10.0 Å². The van der Waals surface area contributed by atoms with Crippen LogP contribution in [0.2, 0.25) is 0 Å². The van der Waals surface area contributed by atoms with Crippen LogP contribution >= 0.6 is 11.3 Å². The lowest BCUT2D eigenvalue weighted by molar-refractivity contribution is 0.384. The zero-order valence-corrected chi connectivity index (χ0v) is 16.3. The number of hydrogen-bond acceptors (Lipinski definition) is 7. The number of rotatable bonds is 3. The van der Waals surface area contributed by atoms with Gasteiger partial charge in [0.05, 0.1) is 21.3 Å². The number of sulfonamides is 1. The van der Waals surface area contributed by atoms with E-state index in [9.17, 15) is 13.2 Å². The van der Waals surface area contributed by atoms with Gasteiger partial charge in [-0.25, -0.2) is 23.2 Å². The number of nitrogens with one attached hydrogen (secondary N) is 2. The number of thiophene rings is 1. The number of H-pyrrole nitrogens is 2. The molecular formula is C17H16N6O3S2. The van der Waals surface area contributed by atoms with Crippen LogP contribution in [0.3, 0.4) is 0 Å². The van der Waals surface area contributed by atoms with Gasteiger partial charge in [-0.1, -0.05) is 0 Å². The molecule has 1 fully saturated rings. The number of imidazole rings is 1. The number of fused-ring (bicyclic) bond motifs is 2. The molecule has 3 aromatic heterocycles. The Hall–Kier alpha value is -2.76. The summed E-state index contributed by atoms with van der Waals surface area (Å²) in [7, 11) is -3.64. The average Bonchev–Trinajstić information content (AvgIpc) is 3.32. The first-order valence-corrected chi connectivity index (χ1v) is 11.0. The summed E-state index contributed by atoms with van der Waals surface area (Å²) in [6.45, 7) is 1.81. The van der Waals surface area contributed by atoms with Crippen molar-refractivity contribution in [3.8, 4) is 0 Å². The summed E-state index contributed by atoms with van der Waals surface area (Å²) in [6.07, 6.45) is 1.55. The molecule has 4 aromatic rings. The summed E-state index contributed by atoms with van der Waals surface area (Å²) < 4.78 is 27.5. The summed E-state index contributed by atoms with van der Waals surface area (Å²) in [4.78, 5) is 28.5. The molecule has 1 aliphatic heterocycles. The van der Waals surface area contributed by atoms with E-state index < -0.39 is 10.0 Å². The van der Waals surface area contributed by atoms with Crippen LogP contribution < -0.4 is 10.6 Å². The number of anilines is 1. The quantitative estimate of drug-likeness (QED) is 0.521. The van der Waals surface area contributed by atoms with Crippen molar-refractivity contribution in [2.24, 2.45) is 0 Å². The molecule has 0 bridgehead atoms. The van der Waals surface area contributed by atoms with Gasteiger partial charge >= 0.3 is 5.69 Å². The van der Waals surface area contributed by atoms with Crippen molar-refractivity contribution in [1.82, 2.24) is 24.2 Å². The van der Waals surface area contributed by atoms with E-state index in [4.69, 9.17) is 0 Å². The first-order valence-electron chi connectivity index (χ1n) is 8.68. The Morgan fingerprint density at radius 2 is 1.79 bits per heavy atom. The van der Waals surface area contributed by atoms with Crippen LogP contribution in [0.5, 0.6) is 0 Å². The third kappa shape index (κ3) is 2.79. The minimum atomic E-state index is -3.64. The zero-order valence-electron chi connectivity index (χ0n) is 14.6. The average molecular weight is 416 g/mol. The fourth-order valence-electron chi connectivity index (χ4n) is 3.49. The highest BCUT2D eigenvalue weighted by molar-refractivity contribution is 7.89. The summed E-state index contributed by atoms with van der Waals surface area (Å²) >= 11 is 1.56. The lowest BCUT2D eigenvalue weighted by atomic mass is 10.3. The van der Waals surface area contributed by atoms with Gasteiger partial charge in [0, 0.05) is 26.2 Å². The largest absolute Gasteiger partial charge is 0.353 e. The van der Waals surface area contributed by atoms with Crippen LogP contribution in [0.25, 0.3) is 21.3 Å². The SMILES string of the molecule is O=c1[nH]c2ccc(S(=O)(=O)N3CCN(c4ncnc5sccc45)CC3)cc2[nH]1. The molecule has 0 amide bonds. The molecule has 0 saturated carbocycles. The Balaban J connectivity index is 1.39. The van der Waals surface area contributed by atoms with Gasteiger partial charge in [0.2, 0.25) is 10.0 Å². The van der Waals surface area contributed by atoms with E-state index in [1.807, 2.05) is 11.4 Å². The molecule has 1 aliphatic rings. The number of benzene rings is 1. The Morgan fingerprint density at radius 1 is 1.00 bits per heavy atom. The first kappa shape index (κ1) is 17.3. The maximum Gasteiger partial charge on any atom is 0.323 e. The van der Waals surface area contributed by atoms with Crippen LogP contribution in [0.4, 0.5) is 5.82 Å². The molecule has 2 N–H and O–H groups in total. The molecule has 1 saturated heterocycles. The van der Waals surface area contributed by atoms with Gasteiger partial charge in [0.1, 0.15) is 17.0 Å². The van der Waals surface area contributed by atoms with Crippen LogP contribution in [0.15, 0.2) is 45.7 Å². The van der Waals surface area contributed by atoms with Crippen LogP contribution in [0.1, 0.15) is 0 Å². The molecular weight excluding hydrogens is 400 g/mol. The number of aromatic nitrogens is 4. The summed E-state index contributed by atoms with van der Waals surface area (Å²) in [5.74, 6) is 0.842.